The van der Waals surface area contributed by atoms with Gasteiger partial charge in [0.15, 0.2) is 4.34 Å². The van der Waals surface area contributed by atoms with Gasteiger partial charge in [0.05, 0.1) is 11.5 Å². The van der Waals surface area contributed by atoms with Crippen molar-refractivity contribution in [2.75, 3.05) is 0 Å². The SMILES string of the molecule is Cc1csc(Sc2ccc([N+](=O)[O-])cc2CO)n1. The maximum absolute atomic E-state index is 10.6. The normalized spacial score (nSPS) is 10.6. The first kappa shape index (κ1) is 13.0. The van der Waals surface area contributed by atoms with Crippen molar-refractivity contribution >= 4 is 28.8 Å². The van der Waals surface area contributed by atoms with Crippen LogP contribution in [0.5, 0.6) is 0 Å². The molecule has 1 N–H and O–H groups in total. The Labute approximate surface area is 112 Å². The number of nitro groups is 1. The molecule has 94 valence electrons. The lowest BCUT2D eigenvalue weighted by Crippen LogP contribution is -1.93. The van der Waals surface area contributed by atoms with Crippen molar-refractivity contribution in [3.63, 3.8) is 0 Å². The van der Waals surface area contributed by atoms with Gasteiger partial charge in [-0.1, -0.05) is 11.8 Å². The van der Waals surface area contributed by atoms with Gasteiger partial charge in [-0.2, -0.15) is 0 Å². The molecule has 5 nitrogen and oxygen atoms in total. The minimum Gasteiger partial charge on any atom is -0.392 e. The van der Waals surface area contributed by atoms with Gasteiger partial charge in [0.1, 0.15) is 0 Å². The Hall–Kier alpha value is -1.44. The molecule has 0 atom stereocenters. The van der Waals surface area contributed by atoms with Crippen LogP contribution in [0.1, 0.15) is 11.3 Å². The van der Waals surface area contributed by atoms with Crippen LogP contribution in [0.2, 0.25) is 0 Å². The molecule has 1 heterocycles. The number of rotatable bonds is 4. The summed E-state index contributed by atoms with van der Waals surface area (Å²) >= 11 is 2.92. The molecule has 18 heavy (non-hydrogen) atoms. The van der Waals surface area contributed by atoms with Gasteiger partial charge < -0.3 is 5.11 Å². The second kappa shape index (κ2) is 5.47. The number of thiazole rings is 1. The fourth-order valence-electron chi connectivity index (χ4n) is 1.38. The van der Waals surface area contributed by atoms with Crippen molar-refractivity contribution in [1.29, 1.82) is 0 Å². The molecule has 1 aromatic heterocycles. The molecule has 7 heteroatoms. The van der Waals surface area contributed by atoms with E-state index in [4.69, 9.17) is 0 Å². The van der Waals surface area contributed by atoms with Gasteiger partial charge in [-0.3, -0.25) is 10.1 Å². The Morgan fingerprint density at radius 2 is 2.33 bits per heavy atom. The fraction of sp³-hybridized carbons (Fsp3) is 0.182. The molecule has 2 rings (SSSR count). The average molecular weight is 282 g/mol. The van der Waals surface area contributed by atoms with Gasteiger partial charge in [-0.05, 0) is 18.6 Å². The molecule has 0 unspecified atom stereocenters. The van der Waals surface area contributed by atoms with Crippen LogP contribution in [-0.4, -0.2) is 15.0 Å². The number of nitro benzene ring substituents is 1. The molecule has 0 aliphatic carbocycles. The summed E-state index contributed by atoms with van der Waals surface area (Å²) in [5.41, 5.74) is 1.47. The van der Waals surface area contributed by atoms with Crippen LogP contribution in [0.4, 0.5) is 5.69 Å². The van der Waals surface area contributed by atoms with Crippen molar-refractivity contribution in [2.24, 2.45) is 0 Å². The van der Waals surface area contributed by atoms with Gasteiger partial charge in [0.2, 0.25) is 0 Å². The largest absolute Gasteiger partial charge is 0.392 e. The number of aliphatic hydroxyl groups is 1. The first-order valence-electron chi connectivity index (χ1n) is 5.08. The minimum atomic E-state index is -0.471. The van der Waals surface area contributed by atoms with E-state index >= 15 is 0 Å². The zero-order chi connectivity index (χ0) is 13.1. The molecule has 0 saturated carbocycles. The quantitative estimate of drug-likeness (QED) is 0.689. The van der Waals surface area contributed by atoms with Gasteiger partial charge >= 0.3 is 0 Å². The molecule has 0 bridgehead atoms. The number of aromatic nitrogens is 1. The van der Waals surface area contributed by atoms with E-state index in [9.17, 15) is 15.2 Å². The van der Waals surface area contributed by atoms with Crippen LogP contribution in [0.25, 0.3) is 0 Å². The van der Waals surface area contributed by atoms with Crippen LogP contribution in [0.15, 0.2) is 32.8 Å². The summed E-state index contributed by atoms with van der Waals surface area (Å²) in [6, 6.07) is 4.47. The Morgan fingerprint density at radius 3 is 2.89 bits per heavy atom. The zero-order valence-corrected chi connectivity index (χ0v) is 11.1. The third-order valence-electron chi connectivity index (χ3n) is 2.22. The van der Waals surface area contributed by atoms with Crippen LogP contribution >= 0.6 is 23.1 Å². The Morgan fingerprint density at radius 1 is 1.56 bits per heavy atom. The molecule has 0 fully saturated rings. The van der Waals surface area contributed by atoms with Crippen LogP contribution in [0, 0.1) is 17.0 Å². The summed E-state index contributed by atoms with van der Waals surface area (Å²) in [6.07, 6.45) is 0. The van der Waals surface area contributed by atoms with Crippen LogP contribution in [0.3, 0.4) is 0 Å². The van der Waals surface area contributed by atoms with Gasteiger partial charge in [-0.25, -0.2) is 4.98 Å². The van der Waals surface area contributed by atoms with Crippen molar-refractivity contribution in [3.8, 4) is 0 Å². The van der Waals surface area contributed by atoms with Gasteiger partial charge in [-0.15, -0.1) is 11.3 Å². The van der Waals surface area contributed by atoms with E-state index in [1.54, 1.807) is 6.07 Å². The van der Waals surface area contributed by atoms with E-state index in [1.807, 2.05) is 12.3 Å². The number of nitrogens with zero attached hydrogens (tertiary/aromatic N) is 2. The van der Waals surface area contributed by atoms with Crippen molar-refractivity contribution < 1.29 is 10.0 Å². The lowest BCUT2D eigenvalue weighted by Gasteiger charge is -2.04. The molecule has 0 radical (unpaired) electrons. The Kier molecular flexibility index (Phi) is 3.95. The predicted octanol–water partition coefficient (Wildman–Crippen LogP) is 3.00. The first-order valence-corrected chi connectivity index (χ1v) is 6.78. The van der Waals surface area contributed by atoms with Crippen LogP contribution < -0.4 is 0 Å². The van der Waals surface area contributed by atoms with E-state index in [-0.39, 0.29) is 12.3 Å². The predicted molar refractivity (Wildman–Crippen MR) is 70.0 cm³/mol. The lowest BCUT2D eigenvalue weighted by atomic mass is 10.2. The maximum atomic E-state index is 10.6. The third kappa shape index (κ3) is 2.87. The molecule has 0 aliphatic heterocycles. The minimum absolute atomic E-state index is 0.0151. The highest BCUT2D eigenvalue weighted by Crippen LogP contribution is 2.34. The van der Waals surface area contributed by atoms with Gasteiger partial charge in [0.25, 0.3) is 5.69 Å². The fourth-order valence-corrected chi connectivity index (χ4v) is 3.27. The zero-order valence-electron chi connectivity index (χ0n) is 9.49. The number of benzene rings is 1. The highest BCUT2D eigenvalue weighted by atomic mass is 32.2. The molecule has 0 saturated heterocycles. The van der Waals surface area contributed by atoms with Crippen molar-refractivity contribution in [1.82, 2.24) is 4.98 Å². The molecular formula is C11H10N2O3S2. The van der Waals surface area contributed by atoms with E-state index in [0.717, 1.165) is 14.9 Å². The summed E-state index contributed by atoms with van der Waals surface area (Å²) in [7, 11) is 0. The van der Waals surface area contributed by atoms with E-state index in [2.05, 4.69) is 4.98 Å². The second-order valence-corrected chi connectivity index (χ2v) is 5.71. The van der Waals surface area contributed by atoms with Crippen molar-refractivity contribution in [2.45, 2.75) is 22.8 Å². The van der Waals surface area contributed by atoms with E-state index in [0.29, 0.717) is 5.56 Å². The molecular weight excluding hydrogens is 272 g/mol. The molecule has 0 aliphatic rings. The summed E-state index contributed by atoms with van der Waals surface area (Å²) < 4.78 is 0.857. The summed E-state index contributed by atoms with van der Waals surface area (Å²) in [4.78, 5) is 15.3. The van der Waals surface area contributed by atoms with E-state index in [1.165, 1.54) is 35.2 Å². The number of aliphatic hydroxyl groups excluding tert-OH is 1. The first-order chi connectivity index (χ1) is 8.60. The number of aryl methyl sites for hydroxylation is 1. The van der Waals surface area contributed by atoms with Gasteiger partial charge in [0, 0.05) is 28.1 Å². The lowest BCUT2D eigenvalue weighted by molar-refractivity contribution is -0.385. The Bertz CT molecular complexity index is 583. The summed E-state index contributed by atoms with van der Waals surface area (Å²) in [5, 5.41) is 21.8. The number of hydrogen-bond donors (Lipinski definition) is 1. The standard InChI is InChI=1S/C11H10N2O3S2/c1-7-6-17-11(12-7)18-10-3-2-9(13(15)16)4-8(10)5-14/h2-4,6,14H,5H2,1H3. The second-order valence-electron chi connectivity index (χ2n) is 3.56. The number of hydrogen-bond acceptors (Lipinski definition) is 6. The van der Waals surface area contributed by atoms with Crippen molar-refractivity contribution in [3.05, 3.63) is 45.0 Å². The average Bonchev–Trinajstić information content (AvgIpc) is 2.75. The molecule has 0 amide bonds. The summed E-state index contributed by atoms with van der Waals surface area (Å²) in [6.45, 7) is 1.68. The van der Waals surface area contributed by atoms with E-state index < -0.39 is 4.92 Å². The molecule has 0 spiro atoms. The summed E-state index contributed by atoms with van der Waals surface area (Å²) in [5.74, 6) is 0. The highest BCUT2D eigenvalue weighted by Gasteiger charge is 2.12. The number of non-ortho nitro benzene ring substituents is 1. The topological polar surface area (TPSA) is 76.3 Å². The molecule has 1 aromatic carbocycles. The Balaban J connectivity index is 2.30. The molecule has 2 aromatic rings. The third-order valence-corrected chi connectivity index (χ3v) is 4.40. The smallest absolute Gasteiger partial charge is 0.269 e. The maximum Gasteiger partial charge on any atom is 0.269 e. The monoisotopic (exact) mass is 282 g/mol. The van der Waals surface area contributed by atoms with Crippen LogP contribution in [-0.2, 0) is 6.61 Å². The highest BCUT2D eigenvalue weighted by molar-refractivity contribution is 8.01.